The van der Waals surface area contributed by atoms with Crippen LogP contribution in [0.5, 0.6) is 0 Å². The molecule has 1 N–H and O–H groups in total. The molecule has 1 heteroatoms. The zero-order valence-corrected chi connectivity index (χ0v) is 6.98. The van der Waals surface area contributed by atoms with Crippen molar-refractivity contribution in [3.63, 3.8) is 0 Å². The van der Waals surface area contributed by atoms with E-state index in [-0.39, 0.29) is 0 Å². The topological polar surface area (TPSA) is 12.0 Å². The van der Waals surface area contributed by atoms with Crippen molar-refractivity contribution >= 4 is 0 Å². The van der Waals surface area contributed by atoms with E-state index < -0.39 is 0 Å². The molecule has 2 fully saturated rings. The Kier molecular flexibility index (Phi) is 1.31. The first kappa shape index (κ1) is 6.66. The highest BCUT2D eigenvalue weighted by Gasteiger charge is 2.43. The summed E-state index contributed by atoms with van der Waals surface area (Å²) in [5.41, 5.74) is 0.584. The summed E-state index contributed by atoms with van der Waals surface area (Å²) in [4.78, 5) is 0. The van der Waals surface area contributed by atoms with E-state index in [1.807, 2.05) is 0 Å². The molecule has 1 nitrogen and oxygen atoms in total. The molecule has 10 heavy (non-hydrogen) atoms. The Balaban J connectivity index is 2.16. The van der Waals surface area contributed by atoms with Crippen LogP contribution in [-0.4, -0.2) is 12.6 Å². The predicted octanol–water partition coefficient (Wildman–Crippen LogP) is 1.78. The van der Waals surface area contributed by atoms with Crippen molar-refractivity contribution in [3.05, 3.63) is 0 Å². The summed E-state index contributed by atoms with van der Waals surface area (Å²) in [5.74, 6) is 0.979. The van der Waals surface area contributed by atoms with Crippen molar-refractivity contribution in [3.8, 4) is 0 Å². The molecule has 1 aliphatic carbocycles. The van der Waals surface area contributed by atoms with E-state index in [1.165, 1.54) is 25.8 Å². The van der Waals surface area contributed by atoms with Crippen molar-refractivity contribution in [2.24, 2.45) is 11.3 Å². The molecule has 0 aromatic rings. The van der Waals surface area contributed by atoms with Crippen molar-refractivity contribution < 1.29 is 0 Å². The second kappa shape index (κ2) is 1.97. The summed E-state index contributed by atoms with van der Waals surface area (Å²) < 4.78 is 0. The zero-order valence-electron chi connectivity index (χ0n) is 6.98. The molecule has 2 atom stereocenters. The largest absolute Gasteiger partial charge is 0.313 e. The van der Waals surface area contributed by atoms with Crippen LogP contribution in [0.3, 0.4) is 0 Å². The molecule has 0 aromatic heterocycles. The van der Waals surface area contributed by atoms with Gasteiger partial charge < -0.3 is 5.32 Å². The Labute approximate surface area is 63.2 Å². The lowest BCUT2D eigenvalue weighted by Gasteiger charge is -2.24. The second-order valence-electron chi connectivity index (χ2n) is 4.51. The van der Waals surface area contributed by atoms with Gasteiger partial charge in [0.2, 0.25) is 0 Å². The molecule has 2 aliphatic rings. The van der Waals surface area contributed by atoms with Crippen LogP contribution >= 0.6 is 0 Å². The number of nitrogens with one attached hydrogen (secondary N) is 1. The maximum Gasteiger partial charge on any atom is 0.0101 e. The van der Waals surface area contributed by atoms with E-state index >= 15 is 0 Å². The SMILES string of the molecule is CC1(C)CN[C@H]2CCC[C@@H]21. The van der Waals surface area contributed by atoms with Gasteiger partial charge in [-0.3, -0.25) is 0 Å². The molecule has 1 aliphatic heterocycles. The van der Waals surface area contributed by atoms with Crippen LogP contribution in [-0.2, 0) is 0 Å². The molecule has 0 aromatic carbocycles. The Morgan fingerprint density at radius 2 is 2.10 bits per heavy atom. The Bertz CT molecular complexity index is 140. The molecule has 1 heterocycles. The molecule has 0 unspecified atom stereocenters. The van der Waals surface area contributed by atoms with Gasteiger partial charge >= 0.3 is 0 Å². The van der Waals surface area contributed by atoms with Gasteiger partial charge in [0.1, 0.15) is 0 Å². The Morgan fingerprint density at radius 3 is 2.80 bits per heavy atom. The van der Waals surface area contributed by atoms with Crippen LogP contribution in [0.25, 0.3) is 0 Å². The zero-order chi connectivity index (χ0) is 7.19. The molecule has 58 valence electrons. The van der Waals surface area contributed by atoms with Gasteiger partial charge in [-0.05, 0) is 24.2 Å². The fourth-order valence-electron chi connectivity index (χ4n) is 2.66. The molecule has 2 rings (SSSR count). The van der Waals surface area contributed by atoms with Gasteiger partial charge in [-0.2, -0.15) is 0 Å². The highest BCUT2D eigenvalue weighted by Crippen LogP contribution is 2.43. The third-order valence-corrected chi connectivity index (χ3v) is 3.34. The van der Waals surface area contributed by atoms with Gasteiger partial charge in [0.05, 0.1) is 0 Å². The maximum absolute atomic E-state index is 3.61. The van der Waals surface area contributed by atoms with Gasteiger partial charge in [-0.25, -0.2) is 0 Å². The maximum atomic E-state index is 3.61. The van der Waals surface area contributed by atoms with E-state index in [0.29, 0.717) is 5.41 Å². The lowest BCUT2D eigenvalue weighted by molar-refractivity contribution is 0.277. The Hall–Kier alpha value is -0.0400. The molecule has 0 radical (unpaired) electrons. The van der Waals surface area contributed by atoms with Gasteiger partial charge in [0.15, 0.2) is 0 Å². The first-order valence-electron chi connectivity index (χ1n) is 4.43. The summed E-state index contributed by atoms with van der Waals surface area (Å²) in [7, 11) is 0. The standard InChI is InChI=1S/C9H17N/c1-9(2)6-10-8-5-3-4-7(8)9/h7-8,10H,3-6H2,1-2H3/t7-,8-/m0/s1. The number of hydrogen-bond donors (Lipinski definition) is 1. The Morgan fingerprint density at radius 1 is 1.30 bits per heavy atom. The van der Waals surface area contributed by atoms with Crippen LogP contribution in [0.1, 0.15) is 33.1 Å². The average molecular weight is 139 g/mol. The first-order valence-corrected chi connectivity index (χ1v) is 4.43. The van der Waals surface area contributed by atoms with Gasteiger partial charge in [0, 0.05) is 12.6 Å². The summed E-state index contributed by atoms with van der Waals surface area (Å²) in [6.07, 6.45) is 4.34. The molecular formula is C9H17N. The fraction of sp³-hybridized carbons (Fsp3) is 1.00. The van der Waals surface area contributed by atoms with Crippen LogP contribution in [0.4, 0.5) is 0 Å². The average Bonchev–Trinajstić information content (AvgIpc) is 2.36. The van der Waals surface area contributed by atoms with Crippen molar-refractivity contribution in [1.82, 2.24) is 5.32 Å². The van der Waals surface area contributed by atoms with Crippen LogP contribution < -0.4 is 5.32 Å². The van der Waals surface area contributed by atoms with Crippen molar-refractivity contribution in [2.75, 3.05) is 6.54 Å². The lowest BCUT2D eigenvalue weighted by atomic mass is 9.80. The minimum absolute atomic E-state index is 0.584. The number of hydrogen-bond acceptors (Lipinski definition) is 1. The molecule has 0 spiro atoms. The van der Waals surface area contributed by atoms with Crippen molar-refractivity contribution in [1.29, 1.82) is 0 Å². The molecule has 0 amide bonds. The molecule has 1 saturated carbocycles. The number of rotatable bonds is 0. The van der Waals surface area contributed by atoms with E-state index in [1.54, 1.807) is 0 Å². The van der Waals surface area contributed by atoms with E-state index in [9.17, 15) is 0 Å². The first-order chi connectivity index (χ1) is 4.70. The monoisotopic (exact) mass is 139 g/mol. The quantitative estimate of drug-likeness (QED) is 0.539. The third-order valence-electron chi connectivity index (χ3n) is 3.34. The highest BCUT2D eigenvalue weighted by molar-refractivity contribution is 4.99. The van der Waals surface area contributed by atoms with E-state index in [2.05, 4.69) is 19.2 Å². The third kappa shape index (κ3) is 0.800. The minimum Gasteiger partial charge on any atom is -0.313 e. The number of fused-ring (bicyclic) bond motifs is 1. The van der Waals surface area contributed by atoms with Crippen LogP contribution in [0, 0.1) is 11.3 Å². The van der Waals surface area contributed by atoms with Gasteiger partial charge in [-0.1, -0.05) is 20.3 Å². The highest BCUT2D eigenvalue weighted by atomic mass is 15.0. The summed E-state index contributed by atoms with van der Waals surface area (Å²) in [5, 5.41) is 3.61. The lowest BCUT2D eigenvalue weighted by Crippen LogP contribution is -2.22. The minimum atomic E-state index is 0.584. The summed E-state index contributed by atoms with van der Waals surface area (Å²) >= 11 is 0. The van der Waals surface area contributed by atoms with E-state index in [0.717, 1.165) is 12.0 Å². The van der Waals surface area contributed by atoms with E-state index in [4.69, 9.17) is 0 Å². The summed E-state index contributed by atoms with van der Waals surface area (Å²) in [6, 6.07) is 0.870. The fourth-order valence-corrected chi connectivity index (χ4v) is 2.66. The van der Waals surface area contributed by atoms with Crippen LogP contribution in [0.2, 0.25) is 0 Å². The predicted molar refractivity (Wildman–Crippen MR) is 42.9 cm³/mol. The molecular weight excluding hydrogens is 122 g/mol. The smallest absolute Gasteiger partial charge is 0.0101 e. The normalized spacial score (nSPS) is 43.8. The van der Waals surface area contributed by atoms with Gasteiger partial charge in [-0.15, -0.1) is 0 Å². The molecule has 1 saturated heterocycles. The second-order valence-corrected chi connectivity index (χ2v) is 4.51. The van der Waals surface area contributed by atoms with Crippen molar-refractivity contribution in [2.45, 2.75) is 39.2 Å². The molecule has 0 bridgehead atoms. The summed E-state index contributed by atoms with van der Waals surface area (Å²) in [6.45, 7) is 6.04. The van der Waals surface area contributed by atoms with Gasteiger partial charge in [0.25, 0.3) is 0 Å². The van der Waals surface area contributed by atoms with Crippen LogP contribution in [0.15, 0.2) is 0 Å².